The second kappa shape index (κ2) is 5.18. The van der Waals surface area contributed by atoms with Crippen molar-refractivity contribution >= 4 is 16.7 Å². The van der Waals surface area contributed by atoms with Crippen LogP contribution in [0.4, 0.5) is 0 Å². The van der Waals surface area contributed by atoms with Crippen LogP contribution < -0.4 is 9.47 Å². The SMILES string of the molecule is COc1ccc2cc(C(=O)O)cc(OC(C)C)c2c1. The minimum absolute atomic E-state index is 0.0292. The van der Waals surface area contributed by atoms with Crippen LogP contribution in [-0.2, 0) is 0 Å². The molecule has 4 nitrogen and oxygen atoms in total. The van der Waals surface area contributed by atoms with E-state index in [0.29, 0.717) is 11.5 Å². The molecule has 100 valence electrons. The Morgan fingerprint density at radius 1 is 1.21 bits per heavy atom. The van der Waals surface area contributed by atoms with Gasteiger partial charge in [0.2, 0.25) is 0 Å². The lowest BCUT2D eigenvalue weighted by molar-refractivity contribution is 0.0696. The molecule has 0 aliphatic heterocycles. The topological polar surface area (TPSA) is 55.8 Å². The van der Waals surface area contributed by atoms with Crippen molar-refractivity contribution in [2.75, 3.05) is 7.11 Å². The zero-order chi connectivity index (χ0) is 14.0. The third kappa shape index (κ3) is 2.78. The Kier molecular flexibility index (Phi) is 3.60. The maximum absolute atomic E-state index is 11.1. The lowest BCUT2D eigenvalue weighted by Crippen LogP contribution is -2.07. The van der Waals surface area contributed by atoms with Crippen LogP contribution >= 0.6 is 0 Å². The Bertz CT molecular complexity index is 617. The van der Waals surface area contributed by atoms with Crippen molar-refractivity contribution in [1.82, 2.24) is 0 Å². The van der Waals surface area contributed by atoms with Gasteiger partial charge in [0.15, 0.2) is 0 Å². The van der Waals surface area contributed by atoms with Crippen LogP contribution in [0.25, 0.3) is 10.8 Å². The van der Waals surface area contributed by atoms with Crippen LogP contribution in [0.5, 0.6) is 11.5 Å². The van der Waals surface area contributed by atoms with E-state index in [0.717, 1.165) is 10.8 Å². The fraction of sp³-hybridized carbons (Fsp3) is 0.267. The molecule has 0 radical (unpaired) electrons. The Hall–Kier alpha value is -2.23. The zero-order valence-electron chi connectivity index (χ0n) is 11.1. The number of carbonyl (C=O) groups is 1. The summed E-state index contributed by atoms with van der Waals surface area (Å²) in [6, 6.07) is 8.65. The molecule has 0 heterocycles. The summed E-state index contributed by atoms with van der Waals surface area (Å²) in [4.78, 5) is 11.1. The molecule has 0 aliphatic rings. The predicted octanol–water partition coefficient (Wildman–Crippen LogP) is 3.33. The van der Waals surface area contributed by atoms with Gasteiger partial charge in [-0.05, 0) is 43.5 Å². The van der Waals surface area contributed by atoms with Gasteiger partial charge in [0.05, 0.1) is 18.8 Å². The second-order valence-electron chi connectivity index (χ2n) is 4.53. The lowest BCUT2D eigenvalue weighted by atomic mass is 10.1. The van der Waals surface area contributed by atoms with Crippen LogP contribution in [-0.4, -0.2) is 24.3 Å². The Morgan fingerprint density at radius 3 is 2.53 bits per heavy atom. The summed E-state index contributed by atoms with van der Waals surface area (Å²) in [5.74, 6) is 0.305. The molecule has 0 saturated carbocycles. The van der Waals surface area contributed by atoms with Gasteiger partial charge >= 0.3 is 5.97 Å². The summed E-state index contributed by atoms with van der Waals surface area (Å²) in [5, 5.41) is 10.8. The average molecular weight is 260 g/mol. The van der Waals surface area contributed by atoms with Gasteiger partial charge in [0, 0.05) is 5.39 Å². The smallest absolute Gasteiger partial charge is 0.335 e. The molecule has 2 aromatic rings. The first-order valence-electron chi connectivity index (χ1n) is 6.03. The fourth-order valence-electron chi connectivity index (χ4n) is 1.90. The largest absolute Gasteiger partial charge is 0.497 e. The van der Waals surface area contributed by atoms with Gasteiger partial charge in [-0.2, -0.15) is 0 Å². The Morgan fingerprint density at radius 2 is 1.95 bits per heavy atom. The lowest BCUT2D eigenvalue weighted by Gasteiger charge is -2.14. The van der Waals surface area contributed by atoms with Crippen molar-refractivity contribution in [2.45, 2.75) is 20.0 Å². The summed E-state index contributed by atoms with van der Waals surface area (Å²) in [6.45, 7) is 3.80. The number of carboxylic acid groups (broad SMARTS) is 1. The first-order valence-corrected chi connectivity index (χ1v) is 6.03. The standard InChI is InChI=1S/C15H16O4/c1-9(2)19-14-7-11(15(16)17)6-10-4-5-12(18-3)8-13(10)14/h4-9H,1-3H3,(H,16,17). The van der Waals surface area contributed by atoms with Crippen molar-refractivity contribution in [1.29, 1.82) is 0 Å². The summed E-state index contributed by atoms with van der Waals surface area (Å²) in [6.07, 6.45) is -0.0292. The number of methoxy groups -OCH3 is 1. The highest BCUT2D eigenvalue weighted by Crippen LogP contribution is 2.31. The number of ether oxygens (including phenoxy) is 2. The van der Waals surface area contributed by atoms with Gasteiger partial charge in [0.25, 0.3) is 0 Å². The van der Waals surface area contributed by atoms with E-state index < -0.39 is 5.97 Å². The summed E-state index contributed by atoms with van der Waals surface area (Å²) in [7, 11) is 1.59. The van der Waals surface area contributed by atoms with E-state index in [1.807, 2.05) is 26.0 Å². The van der Waals surface area contributed by atoms with E-state index in [9.17, 15) is 4.79 Å². The molecule has 0 aliphatic carbocycles. The van der Waals surface area contributed by atoms with Gasteiger partial charge in [-0.3, -0.25) is 0 Å². The molecule has 0 atom stereocenters. The highest BCUT2D eigenvalue weighted by Gasteiger charge is 2.12. The second-order valence-corrected chi connectivity index (χ2v) is 4.53. The molecule has 1 N–H and O–H groups in total. The number of rotatable bonds is 4. The van der Waals surface area contributed by atoms with Gasteiger partial charge in [-0.15, -0.1) is 0 Å². The number of fused-ring (bicyclic) bond motifs is 1. The molecule has 0 aromatic heterocycles. The highest BCUT2D eigenvalue weighted by molar-refractivity contribution is 5.98. The third-order valence-electron chi connectivity index (χ3n) is 2.73. The minimum atomic E-state index is -0.966. The minimum Gasteiger partial charge on any atom is -0.497 e. The quantitative estimate of drug-likeness (QED) is 0.916. The van der Waals surface area contributed by atoms with Crippen molar-refractivity contribution in [3.05, 3.63) is 35.9 Å². The molecular weight excluding hydrogens is 244 g/mol. The number of hydrogen-bond donors (Lipinski definition) is 1. The average Bonchev–Trinajstić information content (AvgIpc) is 2.37. The molecule has 0 amide bonds. The molecule has 0 fully saturated rings. The Labute approximate surface area is 111 Å². The summed E-state index contributed by atoms with van der Waals surface area (Å²) < 4.78 is 10.9. The molecule has 0 bridgehead atoms. The molecule has 0 unspecified atom stereocenters. The number of benzene rings is 2. The molecule has 4 heteroatoms. The molecule has 19 heavy (non-hydrogen) atoms. The van der Waals surface area contributed by atoms with E-state index in [-0.39, 0.29) is 11.7 Å². The van der Waals surface area contributed by atoms with E-state index in [4.69, 9.17) is 14.6 Å². The number of carboxylic acids is 1. The van der Waals surface area contributed by atoms with Crippen molar-refractivity contribution in [3.8, 4) is 11.5 Å². The number of hydrogen-bond acceptors (Lipinski definition) is 3. The molecular formula is C15H16O4. The normalized spacial score (nSPS) is 10.7. The van der Waals surface area contributed by atoms with Crippen LogP contribution in [0.3, 0.4) is 0 Å². The van der Waals surface area contributed by atoms with Crippen LogP contribution in [0.1, 0.15) is 24.2 Å². The van der Waals surface area contributed by atoms with Crippen molar-refractivity contribution < 1.29 is 19.4 Å². The Balaban J connectivity index is 2.67. The molecule has 0 saturated heterocycles. The zero-order valence-corrected chi connectivity index (χ0v) is 11.1. The van der Waals surface area contributed by atoms with Crippen LogP contribution in [0.2, 0.25) is 0 Å². The first kappa shape index (κ1) is 13.2. The summed E-state index contributed by atoms with van der Waals surface area (Å²) in [5.41, 5.74) is 0.216. The fourth-order valence-corrected chi connectivity index (χ4v) is 1.90. The maximum atomic E-state index is 11.1. The van der Waals surface area contributed by atoms with Crippen molar-refractivity contribution in [3.63, 3.8) is 0 Å². The summed E-state index contributed by atoms with van der Waals surface area (Å²) >= 11 is 0. The van der Waals surface area contributed by atoms with E-state index >= 15 is 0 Å². The highest BCUT2D eigenvalue weighted by atomic mass is 16.5. The monoisotopic (exact) mass is 260 g/mol. The van der Waals surface area contributed by atoms with E-state index in [2.05, 4.69) is 0 Å². The first-order chi connectivity index (χ1) is 9.01. The van der Waals surface area contributed by atoms with Crippen molar-refractivity contribution in [2.24, 2.45) is 0 Å². The molecule has 0 spiro atoms. The van der Waals surface area contributed by atoms with Gasteiger partial charge in [0.1, 0.15) is 11.5 Å². The predicted molar refractivity (Wildman–Crippen MR) is 73.2 cm³/mol. The van der Waals surface area contributed by atoms with Gasteiger partial charge in [-0.1, -0.05) is 6.07 Å². The molecule has 2 rings (SSSR count). The van der Waals surface area contributed by atoms with Gasteiger partial charge < -0.3 is 14.6 Å². The number of aromatic carboxylic acids is 1. The molecule has 2 aromatic carbocycles. The third-order valence-corrected chi connectivity index (χ3v) is 2.73. The van der Waals surface area contributed by atoms with E-state index in [1.165, 1.54) is 0 Å². The maximum Gasteiger partial charge on any atom is 0.335 e. The van der Waals surface area contributed by atoms with Crippen LogP contribution in [0, 0.1) is 0 Å². The van der Waals surface area contributed by atoms with E-state index in [1.54, 1.807) is 25.3 Å². The van der Waals surface area contributed by atoms with Gasteiger partial charge in [-0.25, -0.2) is 4.79 Å². The van der Waals surface area contributed by atoms with Crippen LogP contribution in [0.15, 0.2) is 30.3 Å².